The molecule has 1 aromatic carbocycles. The Morgan fingerprint density at radius 3 is 2.76 bits per heavy atom. The molecular formula is C13H18BrNO2. The Kier molecular flexibility index (Phi) is 6.22. The first-order chi connectivity index (χ1) is 8.19. The number of nitrogens with one attached hydrogen (secondary N) is 1. The summed E-state index contributed by atoms with van der Waals surface area (Å²) in [5.74, 6) is -0.351. The van der Waals surface area contributed by atoms with Crippen LogP contribution in [0.25, 0.3) is 0 Å². The summed E-state index contributed by atoms with van der Waals surface area (Å²) in [6.45, 7) is 2.41. The monoisotopic (exact) mass is 299 g/mol. The molecule has 0 fully saturated rings. The van der Waals surface area contributed by atoms with Gasteiger partial charge < -0.3 is 10.4 Å². The minimum atomic E-state index is -0.283. The van der Waals surface area contributed by atoms with E-state index >= 15 is 0 Å². The Labute approximate surface area is 110 Å². The van der Waals surface area contributed by atoms with E-state index in [2.05, 4.69) is 21.2 Å². The van der Waals surface area contributed by atoms with E-state index < -0.39 is 0 Å². The summed E-state index contributed by atoms with van der Waals surface area (Å²) in [5, 5.41) is 11.8. The standard InChI is InChI=1S/C13H18BrNO2/c1-2-10(9-16)13(17)15-8-7-11-5-3-4-6-12(11)14/h3-6,10,16H,2,7-9H2,1H3,(H,15,17). The molecule has 1 atom stereocenters. The second-order valence-corrected chi connectivity index (χ2v) is 4.77. The molecule has 0 spiro atoms. The maximum atomic E-state index is 11.6. The van der Waals surface area contributed by atoms with Crippen LogP contribution < -0.4 is 5.32 Å². The first kappa shape index (κ1) is 14.2. The fourth-order valence-corrected chi connectivity index (χ4v) is 2.05. The van der Waals surface area contributed by atoms with E-state index in [1.165, 1.54) is 5.56 Å². The Hall–Kier alpha value is -0.870. The number of amides is 1. The lowest BCUT2D eigenvalue weighted by molar-refractivity contribution is -0.126. The average Bonchev–Trinajstić information content (AvgIpc) is 2.33. The van der Waals surface area contributed by atoms with Gasteiger partial charge in [0.05, 0.1) is 12.5 Å². The van der Waals surface area contributed by atoms with Crippen LogP contribution >= 0.6 is 15.9 Å². The number of halogens is 1. The summed E-state index contributed by atoms with van der Waals surface area (Å²) < 4.78 is 1.06. The van der Waals surface area contributed by atoms with Crippen LogP contribution in [0.5, 0.6) is 0 Å². The summed E-state index contributed by atoms with van der Waals surface area (Å²) in [4.78, 5) is 11.6. The van der Waals surface area contributed by atoms with Crippen LogP contribution in [0.2, 0.25) is 0 Å². The minimum Gasteiger partial charge on any atom is -0.396 e. The molecule has 4 heteroatoms. The van der Waals surface area contributed by atoms with Gasteiger partial charge in [0.15, 0.2) is 0 Å². The molecule has 94 valence electrons. The molecule has 0 radical (unpaired) electrons. The number of aliphatic hydroxyl groups excluding tert-OH is 1. The molecule has 0 bridgehead atoms. The van der Waals surface area contributed by atoms with Crippen molar-refractivity contribution < 1.29 is 9.90 Å². The van der Waals surface area contributed by atoms with E-state index in [1.54, 1.807) is 0 Å². The molecule has 0 saturated carbocycles. The van der Waals surface area contributed by atoms with Gasteiger partial charge in [-0.2, -0.15) is 0 Å². The average molecular weight is 300 g/mol. The molecule has 0 aromatic heterocycles. The van der Waals surface area contributed by atoms with E-state index in [4.69, 9.17) is 5.11 Å². The molecule has 1 rings (SSSR count). The van der Waals surface area contributed by atoms with Crippen LogP contribution in [0, 0.1) is 5.92 Å². The van der Waals surface area contributed by atoms with Gasteiger partial charge in [-0.1, -0.05) is 41.1 Å². The molecule has 0 aliphatic rings. The smallest absolute Gasteiger partial charge is 0.225 e. The van der Waals surface area contributed by atoms with Gasteiger partial charge >= 0.3 is 0 Å². The number of hydrogen-bond donors (Lipinski definition) is 2. The quantitative estimate of drug-likeness (QED) is 0.845. The summed E-state index contributed by atoms with van der Waals surface area (Å²) >= 11 is 3.47. The van der Waals surface area contributed by atoms with Gasteiger partial charge in [-0.25, -0.2) is 0 Å². The van der Waals surface area contributed by atoms with Gasteiger partial charge in [-0.15, -0.1) is 0 Å². The topological polar surface area (TPSA) is 49.3 Å². The summed E-state index contributed by atoms with van der Waals surface area (Å²) in [6.07, 6.45) is 1.45. The molecule has 3 nitrogen and oxygen atoms in total. The van der Waals surface area contributed by atoms with Gasteiger partial charge in [-0.3, -0.25) is 4.79 Å². The highest BCUT2D eigenvalue weighted by atomic mass is 79.9. The molecule has 1 amide bonds. The fourth-order valence-electron chi connectivity index (χ4n) is 1.56. The number of carbonyl (C=O) groups excluding carboxylic acids is 1. The van der Waals surface area contributed by atoms with E-state index in [-0.39, 0.29) is 18.4 Å². The Bertz CT molecular complexity index is 364. The van der Waals surface area contributed by atoms with Crippen LogP contribution in [0.1, 0.15) is 18.9 Å². The second kappa shape index (κ2) is 7.45. The maximum absolute atomic E-state index is 11.6. The lowest BCUT2D eigenvalue weighted by Crippen LogP contribution is -2.33. The maximum Gasteiger partial charge on any atom is 0.225 e. The van der Waals surface area contributed by atoms with Gasteiger partial charge in [0.1, 0.15) is 0 Å². The summed E-state index contributed by atoms with van der Waals surface area (Å²) in [5.41, 5.74) is 1.17. The largest absolute Gasteiger partial charge is 0.396 e. The van der Waals surface area contributed by atoms with Gasteiger partial charge in [0.2, 0.25) is 5.91 Å². The molecule has 17 heavy (non-hydrogen) atoms. The molecule has 0 heterocycles. The van der Waals surface area contributed by atoms with Crippen LogP contribution in [0.15, 0.2) is 28.7 Å². The highest BCUT2D eigenvalue weighted by Gasteiger charge is 2.14. The van der Waals surface area contributed by atoms with Crippen LogP contribution in [-0.2, 0) is 11.2 Å². The van der Waals surface area contributed by atoms with E-state index in [9.17, 15) is 4.79 Å². The van der Waals surface area contributed by atoms with E-state index in [0.717, 1.165) is 10.9 Å². The number of benzene rings is 1. The van der Waals surface area contributed by atoms with Crippen molar-refractivity contribution in [3.63, 3.8) is 0 Å². The Morgan fingerprint density at radius 1 is 1.47 bits per heavy atom. The highest BCUT2D eigenvalue weighted by molar-refractivity contribution is 9.10. The third-order valence-corrected chi connectivity index (χ3v) is 3.51. The van der Waals surface area contributed by atoms with Gasteiger partial charge in [0, 0.05) is 11.0 Å². The normalized spacial score (nSPS) is 12.2. The molecule has 0 saturated heterocycles. The van der Waals surface area contributed by atoms with Crippen LogP contribution in [0.4, 0.5) is 0 Å². The molecule has 2 N–H and O–H groups in total. The summed E-state index contributed by atoms with van der Waals surface area (Å²) in [7, 11) is 0. The van der Waals surface area contributed by atoms with Gasteiger partial charge in [-0.05, 0) is 24.5 Å². The lowest BCUT2D eigenvalue weighted by atomic mass is 10.1. The number of rotatable bonds is 6. The first-order valence-electron chi connectivity index (χ1n) is 5.81. The third-order valence-electron chi connectivity index (χ3n) is 2.74. The molecule has 1 aromatic rings. The zero-order valence-corrected chi connectivity index (χ0v) is 11.5. The zero-order valence-electron chi connectivity index (χ0n) is 9.95. The lowest BCUT2D eigenvalue weighted by Gasteiger charge is -2.12. The number of carbonyl (C=O) groups is 1. The molecule has 1 unspecified atom stereocenters. The molecule has 0 aliphatic heterocycles. The SMILES string of the molecule is CCC(CO)C(=O)NCCc1ccccc1Br. The molecular weight excluding hydrogens is 282 g/mol. The van der Waals surface area contributed by atoms with Gasteiger partial charge in [0.25, 0.3) is 0 Å². The van der Waals surface area contributed by atoms with Crippen molar-refractivity contribution >= 4 is 21.8 Å². The minimum absolute atomic E-state index is 0.0675. The fraction of sp³-hybridized carbons (Fsp3) is 0.462. The Morgan fingerprint density at radius 2 is 2.18 bits per heavy atom. The summed E-state index contributed by atoms with van der Waals surface area (Å²) in [6, 6.07) is 7.95. The Balaban J connectivity index is 2.38. The zero-order chi connectivity index (χ0) is 12.7. The van der Waals surface area contributed by atoms with Crippen molar-refractivity contribution in [2.24, 2.45) is 5.92 Å². The van der Waals surface area contributed by atoms with Crippen molar-refractivity contribution in [3.05, 3.63) is 34.3 Å². The van der Waals surface area contributed by atoms with Crippen LogP contribution in [0.3, 0.4) is 0 Å². The van der Waals surface area contributed by atoms with Crippen LogP contribution in [-0.4, -0.2) is 24.2 Å². The van der Waals surface area contributed by atoms with Crippen molar-refractivity contribution in [2.45, 2.75) is 19.8 Å². The van der Waals surface area contributed by atoms with E-state index in [0.29, 0.717) is 13.0 Å². The predicted molar refractivity (Wildman–Crippen MR) is 71.7 cm³/mol. The molecule has 0 aliphatic carbocycles. The third kappa shape index (κ3) is 4.48. The highest BCUT2D eigenvalue weighted by Crippen LogP contribution is 2.15. The first-order valence-corrected chi connectivity index (χ1v) is 6.60. The number of hydrogen-bond acceptors (Lipinski definition) is 2. The van der Waals surface area contributed by atoms with E-state index in [1.807, 2.05) is 31.2 Å². The van der Waals surface area contributed by atoms with Crippen molar-refractivity contribution in [1.29, 1.82) is 0 Å². The number of aliphatic hydroxyl groups is 1. The van der Waals surface area contributed by atoms with Crippen molar-refractivity contribution in [3.8, 4) is 0 Å². The second-order valence-electron chi connectivity index (χ2n) is 3.92. The van der Waals surface area contributed by atoms with Crippen molar-refractivity contribution in [2.75, 3.05) is 13.2 Å². The van der Waals surface area contributed by atoms with Crippen molar-refractivity contribution in [1.82, 2.24) is 5.32 Å². The predicted octanol–water partition coefficient (Wildman–Crippen LogP) is 2.13.